The van der Waals surface area contributed by atoms with Crippen molar-refractivity contribution in [3.05, 3.63) is 52.7 Å². The Kier molecular flexibility index (Phi) is 8.02. The molecular formula is C30H38ClN5O4S. The number of nitrogens with zero attached hydrogens (tertiary/aromatic N) is 5. The van der Waals surface area contributed by atoms with Crippen LogP contribution in [0.15, 0.2) is 36.4 Å². The van der Waals surface area contributed by atoms with E-state index in [1.165, 1.54) is 0 Å². The fraction of sp³-hybridized carbons (Fsp3) is 0.533. The summed E-state index contributed by atoms with van der Waals surface area (Å²) in [7, 11) is 0.831. The molecule has 3 heterocycles. The lowest BCUT2D eigenvalue weighted by Gasteiger charge is -2.42. The predicted molar refractivity (Wildman–Crippen MR) is 163 cm³/mol. The molecule has 2 aliphatic heterocycles. The van der Waals surface area contributed by atoms with Crippen molar-refractivity contribution < 1.29 is 18.3 Å². The van der Waals surface area contributed by atoms with Crippen molar-refractivity contribution in [3.8, 4) is 6.01 Å². The topological polar surface area (TPSA) is 99.1 Å². The van der Waals surface area contributed by atoms with Crippen molar-refractivity contribution in [1.29, 1.82) is 0 Å². The van der Waals surface area contributed by atoms with Crippen molar-refractivity contribution >= 4 is 43.7 Å². The Bertz CT molecular complexity index is 1530. The Labute approximate surface area is 247 Å². The van der Waals surface area contributed by atoms with E-state index in [1.807, 2.05) is 19.2 Å². The minimum Gasteiger partial charge on any atom is -0.462 e. The van der Waals surface area contributed by atoms with Gasteiger partial charge in [0.05, 0.1) is 34.9 Å². The number of aliphatic hydroxyl groups is 1. The number of ether oxygens (including phenoxy) is 1. The first-order chi connectivity index (χ1) is 19.7. The molecule has 41 heavy (non-hydrogen) atoms. The molecule has 0 spiro atoms. The Hall–Kier alpha value is -2.66. The van der Waals surface area contributed by atoms with E-state index in [0.717, 1.165) is 70.9 Å². The van der Waals surface area contributed by atoms with Crippen LogP contribution in [0.3, 0.4) is 0 Å². The highest BCUT2D eigenvalue weighted by molar-refractivity contribution is 7.92. The van der Waals surface area contributed by atoms with E-state index >= 15 is 0 Å². The third-order valence-corrected chi connectivity index (χ3v) is 11.6. The molecule has 9 nitrogen and oxygen atoms in total. The first-order valence-electron chi connectivity index (χ1n) is 14.5. The van der Waals surface area contributed by atoms with Gasteiger partial charge in [-0.25, -0.2) is 8.42 Å². The monoisotopic (exact) mass is 599 g/mol. The van der Waals surface area contributed by atoms with Gasteiger partial charge in [0.25, 0.3) is 0 Å². The molecule has 1 N–H and O–H groups in total. The van der Waals surface area contributed by atoms with Crippen molar-refractivity contribution in [3.63, 3.8) is 0 Å². The summed E-state index contributed by atoms with van der Waals surface area (Å²) in [4.78, 5) is 16.6. The van der Waals surface area contributed by atoms with E-state index < -0.39 is 15.1 Å². The number of likely N-dealkylation sites (tertiary alicyclic amines) is 1. The summed E-state index contributed by atoms with van der Waals surface area (Å²) in [5, 5.41) is 11.6. The van der Waals surface area contributed by atoms with Gasteiger partial charge in [-0.05, 0) is 63.2 Å². The number of aromatic nitrogens is 2. The number of benzene rings is 2. The number of hydrogen-bond donors (Lipinski definition) is 1. The second-order valence-electron chi connectivity index (χ2n) is 11.6. The normalized spacial score (nSPS) is 22.9. The quantitative estimate of drug-likeness (QED) is 0.395. The maximum atomic E-state index is 12.5. The van der Waals surface area contributed by atoms with E-state index in [9.17, 15) is 13.5 Å². The molecule has 2 fully saturated rings. The summed E-state index contributed by atoms with van der Waals surface area (Å²) in [6.07, 6.45) is 4.06. The lowest BCUT2D eigenvalue weighted by molar-refractivity contribution is 0.187. The molecule has 2 aromatic carbocycles. The van der Waals surface area contributed by atoms with Gasteiger partial charge in [-0.1, -0.05) is 35.9 Å². The van der Waals surface area contributed by atoms with Crippen LogP contribution in [0, 0.1) is 0 Å². The first-order valence-corrected chi connectivity index (χ1v) is 16.5. The van der Waals surface area contributed by atoms with Gasteiger partial charge in [-0.15, -0.1) is 0 Å². The number of aliphatic hydroxyl groups excluding tert-OH is 1. The number of rotatable bonds is 9. The highest BCUT2D eigenvalue weighted by atomic mass is 35.5. The molecule has 1 saturated carbocycles. The maximum Gasteiger partial charge on any atom is 0.318 e. The molecule has 0 bridgehead atoms. The number of anilines is 2. The zero-order valence-electron chi connectivity index (χ0n) is 23.7. The lowest BCUT2D eigenvalue weighted by atomic mass is 9.90. The minimum atomic E-state index is -3.29. The molecule has 1 atom stereocenters. The van der Waals surface area contributed by atoms with E-state index in [-0.39, 0.29) is 18.4 Å². The summed E-state index contributed by atoms with van der Waals surface area (Å²) >= 11 is 6.67. The third-order valence-electron chi connectivity index (χ3n) is 9.11. The SMILES string of the molecule is CN(c1nc(OC[C@@H]2CCCN2C)nc2c1CCN(c1cccc3cccc(Cl)c13)C2)C1CC(S(=O)(=O)CCO)C1. The average molecular weight is 600 g/mol. The molecule has 1 aliphatic carbocycles. The molecule has 0 radical (unpaired) electrons. The second-order valence-corrected chi connectivity index (χ2v) is 14.4. The van der Waals surface area contributed by atoms with Crippen LogP contribution in [0.4, 0.5) is 11.5 Å². The number of halogens is 1. The van der Waals surface area contributed by atoms with Gasteiger partial charge in [0, 0.05) is 42.3 Å². The van der Waals surface area contributed by atoms with Gasteiger partial charge in [0.2, 0.25) is 0 Å². The van der Waals surface area contributed by atoms with Crippen molar-refractivity contribution in [2.24, 2.45) is 0 Å². The fourth-order valence-corrected chi connectivity index (χ4v) is 8.36. The minimum absolute atomic E-state index is 0.0520. The maximum absolute atomic E-state index is 12.5. The second kappa shape index (κ2) is 11.6. The average Bonchev–Trinajstić information content (AvgIpc) is 3.34. The first kappa shape index (κ1) is 28.5. The molecule has 3 aliphatic rings. The molecule has 11 heteroatoms. The highest BCUT2D eigenvalue weighted by Gasteiger charge is 2.41. The van der Waals surface area contributed by atoms with Gasteiger partial charge in [0.1, 0.15) is 12.4 Å². The molecule has 1 aromatic heterocycles. The fourth-order valence-electron chi connectivity index (χ4n) is 6.46. The Morgan fingerprint density at radius 2 is 1.93 bits per heavy atom. The van der Waals surface area contributed by atoms with Crippen LogP contribution < -0.4 is 14.5 Å². The van der Waals surface area contributed by atoms with Gasteiger partial charge in [-0.2, -0.15) is 9.97 Å². The van der Waals surface area contributed by atoms with Crippen LogP contribution in [0.5, 0.6) is 6.01 Å². The van der Waals surface area contributed by atoms with Gasteiger partial charge in [-0.3, -0.25) is 0 Å². The molecule has 6 rings (SSSR count). The molecule has 0 amide bonds. The molecule has 3 aromatic rings. The molecule has 220 valence electrons. The molecular weight excluding hydrogens is 562 g/mol. The van der Waals surface area contributed by atoms with E-state index in [2.05, 4.69) is 46.0 Å². The van der Waals surface area contributed by atoms with E-state index in [4.69, 9.17) is 26.3 Å². The predicted octanol–water partition coefficient (Wildman–Crippen LogP) is 3.69. The van der Waals surface area contributed by atoms with Crippen molar-refractivity contribution in [1.82, 2.24) is 14.9 Å². The van der Waals surface area contributed by atoms with Crippen LogP contribution in [0.25, 0.3) is 10.8 Å². The van der Waals surface area contributed by atoms with Crippen molar-refractivity contribution in [2.45, 2.75) is 56.0 Å². The third kappa shape index (κ3) is 5.59. The zero-order chi connectivity index (χ0) is 28.7. The molecule has 0 unspecified atom stereocenters. The van der Waals surface area contributed by atoms with E-state index in [1.54, 1.807) is 0 Å². The van der Waals surface area contributed by atoms with Crippen LogP contribution in [0.2, 0.25) is 5.02 Å². The van der Waals surface area contributed by atoms with Gasteiger partial charge >= 0.3 is 6.01 Å². The summed E-state index contributed by atoms with van der Waals surface area (Å²) in [5.74, 6) is 0.641. The Balaban J connectivity index is 1.30. The van der Waals surface area contributed by atoms with Crippen LogP contribution in [-0.4, -0.2) is 91.9 Å². The van der Waals surface area contributed by atoms with E-state index in [0.29, 0.717) is 38.0 Å². The molecule has 1 saturated heterocycles. The number of fused-ring (bicyclic) bond motifs is 2. The smallest absolute Gasteiger partial charge is 0.318 e. The highest BCUT2D eigenvalue weighted by Crippen LogP contribution is 2.39. The number of hydrogen-bond acceptors (Lipinski definition) is 9. The van der Waals surface area contributed by atoms with Crippen LogP contribution >= 0.6 is 11.6 Å². The van der Waals surface area contributed by atoms with Gasteiger partial charge in [0.15, 0.2) is 9.84 Å². The lowest BCUT2D eigenvalue weighted by Crippen LogP contribution is -2.50. The summed E-state index contributed by atoms with van der Waals surface area (Å²) in [5.41, 5.74) is 3.09. The number of sulfone groups is 1. The van der Waals surface area contributed by atoms with Crippen LogP contribution in [0.1, 0.15) is 36.9 Å². The summed E-state index contributed by atoms with van der Waals surface area (Å²) in [6, 6.07) is 13.0. The Morgan fingerprint density at radius 1 is 1.15 bits per heavy atom. The van der Waals surface area contributed by atoms with Gasteiger partial charge < -0.3 is 24.5 Å². The van der Waals surface area contributed by atoms with Crippen molar-refractivity contribution in [2.75, 3.05) is 56.0 Å². The number of likely N-dealkylation sites (N-methyl/N-ethyl adjacent to an activating group) is 1. The zero-order valence-corrected chi connectivity index (χ0v) is 25.2. The Morgan fingerprint density at radius 3 is 2.66 bits per heavy atom. The summed E-state index contributed by atoms with van der Waals surface area (Å²) in [6.45, 7) is 2.64. The van der Waals surface area contributed by atoms with Crippen LogP contribution in [-0.2, 0) is 22.8 Å². The summed E-state index contributed by atoms with van der Waals surface area (Å²) < 4.78 is 31.2. The standard InChI is InChI=1S/C30H38ClN5O4S/c1-34-12-5-8-21(34)19-40-30-32-26-18-36(27-10-4-7-20-6-3-9-25(31)28(20)27)13-11-24(26)29(33-30)35(2)22-16-23(17-22)41(38,39)15-14-37/h3-4,6-7,9-10,21-23,37H,5,8,11-19H2,1-2H3/t21-,22?,23?/m0/s1. The largest absolute Gasteiger partial charge is 0.462 e.